The van der Waals surface area contributed by atoms with Crippen LogP contribution in [-0.2, 0) is 5.41 Å². The number of allylic oxidation sites excluding steroid dienone is 2. The number of Topliss-reactive ketones (excluding diaryl/α,β-unsaturated/α-hetero) is 1. The maximum Gasteiger partial charge on any atom is 0.188 e. The van der Waals surface area contributed by atoms with E-state index in [4.69, 9.17) is 0 Å². The highest BCUT2D eigenvalue weighted by molar-refractivity contribution is 6.08. The van der Waals surface area contributed by atoms with Crippen LogP contribution in [0.2, 0.25) is 0 Å². The van der Waals surface area contributed by atoms with E-state index >= 15 is 0 Å². The summed E-state index contributed by atoms with van der Waals surface area (Å²) in [4.78, 5) is 12.4. The molecule has 1 aliphatic rings. The topological polar surface area (TPSA) is 17.1 Å². The smallest absolute Gasteiger partial charge is 0.188 e. The average molecular weight is 256 g/mol. The Balaban J connectivity index is 2.17. The van der Waals surface area contributed by atoms with E-state index in [1.807, 2.05) is 12.1 Å². The van der Waals surface area contributed by atoms with Gasteiger partial charge in [-0.05, 0) is 41.7 Å². The Morgan fingerprint density at radius 1 is 1.16 bits per heavy atom. The van der Waals surface area contributed by atoms with Crippen LogP contribution in [0.5, 0.6) is 0 Å². The molecule has 0 spiro atoms. The van der Waals surface area contributed by atoms with Crippen LogP contribution in [0.4, 0.5) is 0 Å². The summed E-state index contributed by atoms with van der Waals surface area (Å²) in [5.41, 5.74) is 3.24. The van der Waals surface area contributed by atoms with E-state index in [0.29, 0.717) is 0 Å². The van der Waals surface area contributed by atoms with Crippen LogP contribution in [-0.4, -0.2) is 5.78 Å². The summed E-state index contributed by atoms with van der Waals surface area (Å²) in [5.74, 6) is 0.937. The Labute approximate surface area is 116 Å². The number of carbonyl (C=O) groups is 1. The molecule has 0 saturated carbocycles. The minimum Gasteiger partial charge on any atom is -0.289 e. The van der Waals surface area contributed by atoms with Crippen molar-refractivity contribution >= 4 is 5.78 Å². The Hall–Kier alpha value is -1.37. The molecule has 1 aliphatic carbocycles. The zero-order valence-corrected chi connectivity index (χ0v) is 12.5. The van der Waals surface area contributed by atoms with Crippen LogP contribution < -0.4 is 0 Å². The fraction of sp³-hybridized carbons (Fsp3) is 0.500. The molecule has 19 heavy (non-hydrogen) atoms. The van der Waals surface area contributed by atoms with E-state index in [9.17, 15) is 4.79 Å². The molecule has 1 unspecified atom stereocenters. The number of rotatable bonds is 2. The SMILES string of the molecule is CC1CC=C(C(=O)c2ccc(C(C)(C)C)cc2)CC1. The number of hydrogen-bond acceptors (Lipinski definition) is 1. The Morgan fingerprint density at radius 3 is 2.26 bits per heavy atom. The molecular formula is C18H24O. The summed E-state index contributed by atoms with van der Waals surface area (Å²) < 4.78 is 0. The largest absolute Gasteiger partial charge is 0.289 e. The zero-order valence-electron chi connectivity index (χ0n) is 12.5. The fourth-order valence-electron chi connectivity index (χ4n) is 2.48. The van der Waals surface area contributed by atoms with Crippen molar-refractivity contribution in [3.8, 4) is 0 Å². The van der Waals surface area contributed by atoms with Gasteiger partial charge in [-0.3, -0.25) is 4.79 Å². The fourth-order valence-corrected chi connectivity index (χ4v) is 2.48. The third-order valence-electron chi connectivity index (χ3n) is 3.98. The summed E-state index contributed by atoms with van der Waals surface area (Å²) >= 11 is 0. The van der Waals surface area contributed by atoms with Crippen LogP contribution in [0.3, 0.4) is 0 Å². The van der Waals surface area contributed by atoms with Gasteiger partial charge in [0, 0.05) is 5.56 Å². The quantitative estimate of drug-likeness (QED) is 0.687. The van der Waals surface area contributed by atoms with E-state index in [1.165, 1.54) is 5.56 Å². The molecule has 1 nitrogen and oxygen atoms in total. The molecule has 1 aromatic carbocycles. The predicted octanol–water partition coefficient (Wildman–Crippen LogP) is 4.91. The van der Waals surface area contributed by atoms with Gasteiger partial charge in [0.25, 0.3) is 0 Å². The molecule has 102 valence electrons. The van der Waals surface area contributed by atoms with Crippen molar-refractivity contribution in [1.29, 1.82) is 0 Å². The monoisotopic (exact) mass is 256 g/mol. The maximum atomic E-state index is 12.4. The van der Waals surface area contributed by atoms with E-state index in [2.05, 4.69) is 45.9 Å². The third kappa shape index (κ3) is 3.34. The van der Waals surface area contributed by atoms with Gasteiger partial charge in [-0.2, -0.15) is 0 Å². The molecule has 0 fully saturated rings. The Bertz CT molecular complexity index is 485. The van der Waals surface area contributed by atoms with Crippen molar-refractivity contribution in [2.24, 2.45) is 5.92 Å². The van der Waals surface area contributed by atoms with Gasteiger partial charge in [-0.1, -0.05) is 58.0 Å². The van der Waals surface area contributed by atoms with Crippen LogP contribution >= 0.6 is 0 Å². The summed E-state index contributed by atoms with van der Waals surface area (Å²) in [6.45, 7) is 8.81. The van der Waals surface area contributed by atoms with Gasteiger partial charge in [0.1, 0.15) is 0 Å². The molecular weight excluding hydrogens is 232 g/mol. The summed E-state index contributed by atoms with van der Waals surface area (Å²) in [7, 11) is 0. The second-order valence-electron chi connectivity index (χ2n) is 6.77. The minimum absolute atomic E-state index is 0.140. The van der Waals surface area contributed by atoms with E-state index in [0.717, 1.165) is 36.3 Å². The van der Waals surface area contributed by atoms with Gasteiger partial charge in [-0.15, -0.1) is 0 Å². The molecule has 0 amide bonds. The second-order valence-corrected chi connectivity index (χ2v) is 6.77. The number of benzene rings is 1. The molecule has 1 aromatic rings. The molecule has 2 rings (SSSR count). The summed E-state index contributed by atoms with van der Waals surface area (Å²) in [5, 5.41) is 0. The molecule has 1 atom stereocenters. The summed E-state index contributed by atoms with van der Waals surface area (Å²) in [6.07, 6.45) is 5.24. The number of ketones is 1. The van der Waals surface area contributed by atoms with E-state index in [1.54, 1.807) is 0 Å². The van der Waals surface area contributed by atoms with Gasteiger partial charge in [0.2, 0.25) is 0 Å². The Morgan fingerprint density at radius 2 is 1.79 bits per heavy atom. The van der Waals surface area contributed by atoms with Crippen LogP contribution in [0.25, 0.3) is 0 Å². The minimum atomic E-state index is 0.140. The lowest BCUT2D eigenvalue weighted by molar-refractivity contribution is 0.102. The predicted molar refractivity (Wildman–Crippen MR) is 80.6 cm³/mol. The van der Waals surface area contributed by atoms with Crippen molar-refractivity contribution in [2.75, 3.05) is 0 Å². The number of carbonyl (C=O) groups excluding carboxylic acids is 1. The highest BCUT2D eigenvalue weighted by Crippen LogP contribution is 2.27. The maximum absolute atomic E-state index is 12.4. The first kappa shape index (κ1) is 14.0. The van der Waals surface area contributed by atoms with Gasteiger partial charge in [0.15, 0.2) is 5.78 Å². The standard InChI is InChI=1S/C18H24O/c1-13-5-7-14(8-6-13)17(19)15-9-11-16(12-10-15)18(2,3)4/h7,9-13H,5-6,8H2,1-4H3. The zero-order chi connectivity index (χ0) is 14.0. The van der Waals surface area contributed by atoms with Crippen molar-refractivity contribution in [1.82, 2.24) is 0 Å². The van der Waals surface area contributed by atoms with Crippen LogP contribution in [0.1, 0.15) is 62.9 Å². The normalized spacial score (nSPS) is 20.0. The first-order valence-electron chi connectivity index (χ1n) is 7.22. The molecule has 0 bridgehead atoms. The van der Waals surface area contributed by atoms with Gasteiger partial charge >= 0.3 is 0 Å². The Kier molecular flexibility index (Phi) is 3.93. The first-order chi connectivity index (χ1) is 8.88. The highest BCUT2D eigenvalue weighted by Gasteiger charge is 2.18. The lowest BCUT2D eigenvalue weighted by atomic mass is 9.84. The van der Waals surface area contributed by atoms with Gasteiger partial charge in [-0.25, -0.2) is 0 Å². The molecule has 1 heteroatoms. The number of hydrogen-bond donors (Lipinski definition) is 0. The second kappa shape index (κ2) is 5.32. The van der Waals surface area contributed by atoms with Gasteiger partial charge < -0.3 is 0 Å². The molecule has 0 heterocycles. The molecule has 0 aromatic heterocycles. The lowest BCUT2D eigenvalue weighted by Gasteiger charge is -2.20. The molecule has 0 saturated heterocycles. The van der Waals surface area contributed by atoms with E-state index < -0.39 is 0 Å². The van der Waals surface area contributed by atoms with Crippen molar-refractivity contribution in [2.45, 2.75) is 52.4 Å². The van der Waals surface area contributed by atoms with Crippen molar-refractivity contribution < 1.29 is 4.79 Å². The summed E-state index contributed by atoms with van der Waals surface area (Å²) in [6, 6.07) is 8.11. The van der Waals surface area contributed by atoms with Crippen molar-refractivity contribution in [3.63, 3.8) is 0 Å². The molecule has 0 radical (unpaired) electrons. The average Bonchev–Trinajstić information content (AvgIpc) is 2.38. The van der Waals surface area contributed by atoms with Crippen molar-refractivity contribution in [3.05, 3.63) is 47.0 Å². The highest BCUT2D eigenvalue weighted by atomic mass is 16.1. The molecule has 0 N–H and O–H groups in total. The third-order valence-corrected chi connectivity index (χ3v) is 3.98. The lowest BCUT2D eigenvalue weighted by Crippen LogP contribution is -2.13. The van der Waals surface area contributed by atoms with Crippen LogP contribution in [0, 0.1) is 5.92 Å². The molecule has 0 aliphatic heterocycles. The van der Waals surface area contributed by atoms with Gasteiger partial charge in [0.05, 0.1) is 0 Å². The van der Waals surface area contributed by atoms with Crippen LogP contribution in [0.15, 0.2) is 35.9 Å². The first-order valence-corrected chi connectivity index (χ1v) is 7.22. The van der Waals surface area contributed by atoms with E-state index in [-0.39, 0.29) is 11.2 Å².